The quantitative estimate of drug-likeness (QED) is 0.526. The lowest BCUT2D eigenvalue weighted by Crippen LogP contribution is -1.98. The fourth-order valence-corrected chi connectivity index (χ4v) is 2.84. The van der Waals surface area contributed by atoms with Gasteiger partial charge in [0.1, 0.15) is 6.61 Å². The Balaban J connectivity index is 2.14. The van der Waals surface area contributed by atoms with Gasteiger partial charge in [-0.1, -0.05) is 30.3 Å². The van der Waals surface area contributed by atoms with Gasteiger partial charge < -0.3 is 4.74 Å². The Kier molecular flexibility index (Phi) is 4.39. The average Bonchev–Trinajstić information content (AvgIpc) is 2.33. The van der Waals surface area contributed by atoms with Crippen LogP contribution in [-0.2, 0) is 6.61 Å². The Labute approximate surface area is 121 Å². The summed E-state index contributed by atoms with van der Waals surface area (Å²) >= 11 is 5.29. The zero-order valence-corrected chi connectivity index (χ0v) is 12.5. The minimum absolute atomic E-state index is 0.271. The van der Waals surface area contributed by atoms with E-state index in [1.54, 1.807) is 12.1 Å². The zero-order valence-electron chi connectivity index (χ0n) is 8.79. The maximum atomic E-state index is 13.7. The lowest BCUT2D eigenvalue weighted by molar-refractivity contribution is 0.289. The smallest absolute Gasteiger partial charge is 0.179 e. The molecule has 4 heteroatoms. The van der Waals surface area contributed by atoms with Crippen molar-refractivity contribution in [1.82, 2.24) is 0 Å². The number of ether oxygens (including phenoxy) is 1. The summed E-state index contributed by atoms with van der Waals surface area (Å²) in [5, 5.41) is 0. The van der Waals surface area contributed by atoms with Crippen LogP contribution in [0.25, 0.3) is 0 Å². The standard InChI is InChI=1S/C13H9BrFIO/c14-11-6-10(16)7-12(13(11)15)17-8-9-4-2-1-3-5-9/h1-7H,8H2. The monoisotopic (exact) mass is 406 g/mol. The third kappa shape index (κ3) is 3.42. The van der Waals surface area contributed by atoms with E-state index in [-0.39, 0.29) is 11.6 Å². The van der Waals surface area contributed by atoms with E-state index < -0.39 is 0 Å². The predicted molar refractivity (Wildman–Crippen MR) is 77.6 cm³/mol. The minimum atomic E-state index is -0.360. The number of rotatable bonds is 3. The summed E-state index contributed by atoms with van der Waals surface area (Å²) in [6.45, 7) is 0.365. The van der Waals surface area contributed by atoms with Gasteiger partial charge in [-0.05, 0) is 56.2 Å². The van der Waals surface area contributed by atoms with Crippen molar-refractivity contribution in [3.05, 3.63) is 61.9 Å². The lowest BCUT2D eigenvalue weighted by atomic mass is 10.2. The second-order valence-corrected chi connectivity index (χ2v) is 5.57. The molecule has 88 valence electrons. The van der Waals surface area contributed by atoms with E-state index in [2.05, 4.69) is 38.5 Å². The Morgan fingerprint density at radius 3 is 2.59 bits per heavy atom. The topological polar surface area (TPSA) is 9.23 Å². The first-order valence-electron chi connectivity index (χ1n) is 4.98. The van der Waals surface area contributed by atoms with Crippen LogP contribution in [0.1, 0.15) is 5.56 Å². The summed E-state index contributed by atoms with van der Waals surface area (Å²) in [4.78, 5) is 0. The van der Waals surface area contributed by atoms with Crippen LogP contribution in [0.15, 0.2) is 46.9 Å². The molecule has 1 nitrogen and oxygen atoms in total. The highest BCUT2D eigenvalue weighted by molar-refractivity contribution is 14.1. The second-order valence-electron chi connectivity index (χ2n) is 3.47. The van der Waals surface area contributed by atoms with Crippen LogP contribution in [0, 0.1) is 9.39 Å². The highest BCUT2D eigenvalue weighted by Crippen LogP contribution is 2.28. The Morgan fingerprint density at radius 1 is 1.18 bits per heavy atom. The molecule has 0 saturated carbocycles. The maximum Gasteiger partial charge on any atom is 0.179 e. The molecule has 0 fully saturated rings. The van der Waals surface area contributed by atoms with Crippen molar-refractivity contribution in [1.29, 1.82) is 0 Å². The van der Waals surface area contributed by atoms with Gasteiger partial charge in [0.2, 0.25) is 0 Å². The van der Waals surface area contributed by atoms with Crippen molar-refractivity contribution in [3.8, 4) is 5.75 Å². The minimum Gasteiger partial charge on any atom is -0.486 e. The van der Waals surface area contributed by atoms with Crippen LogP contribution >= 0.6 is 38.5 Å². The Bertz CT molecular complexity index is 516. The molecule has 0 radical (unpaired) electrons. The normalized spacial score (nSPS) is 10.3. The molecule has 2 aromatic rings. The summed E-state index contributed by atoms with van der Waals surface area (Å²) in [5.41, 5.74) is 1.02. The van der Waals surface area contributed by atoms with Gasteiger partial charge in [0.25, 0.3) is 0 Å². The Morgan fingerprint density at radius 2 is 1.88 bits per heavy atom. The Hall–Kier alpha value is -0.620. The molecule has 0 amide bonds. The van der Waals surface area contributed by atoms with E-state index in [4.69, 9.17) is 4.74 Å². The molecule has 0 bridgehead atoms. The molecule has 0 spiro atoms. The molecule has 0 N–H and O–H groups in total. The summed E-state index contributed by atoms with van der Waals surface area (Å²) < 4.78 is 20.5. The van der Waals surface area contributed by atoms with Gasteiger partial charge in [0.15, 0.2) is 11.6 Å². The SMILES string of the molecule is Fc1c(Br)cc(I)cc1OCc1ccccc1. The summed E-state index contributed by atoms with van der Waals surface area (Å²) in [6, 6.07) is 13.1. The van der Waals surface area contributed by atoms with Crippen LogP contribution in [0.3, 0.4) is 0 Å². The third-order valence-corrected chi connectivity index (χ3v) is 3.40. The molecule has 0 heterocycles. The zero-order chi connectivity index (χ0) is 12.3. The van der Waals surface area contributed by atoms with Gasteiger partial charge >= 0.3 is 0 Å². The molecule has 0 aliphatic heterocycles. The average molecular weight is 407 g/mol. The van der Waals surface area contributed by atoms with Gasteiger partial charge in [0.05, 0.1) is 4.47 Å². The van der Waals surface area contributed by atoms with Gasteiger partial charge in [-0.25, -0.2) is 4.39 Å². The lowest BCUT2D eigenvalue weighted by Gasteiger charge is -2.09. The largest absolute Gasteiger partial charge is 0.486 e. The van der Waals surface area contributed by atoms with E-state index in [1.165, 1.54) is 0 Å². The van der Waals surface area contributed by atoms with Crippen molar-refractivity contribution in [2.24, 2.45) is 0 Å². The molecule has 0 atom stereocenters. The molecule has 2 rings (SSSR count). The van der Waals surface area contributed by atoms with E-state index in [0.717, 1.165) is 9.13 Å². The van der Waals surface area contributed by atoms with E-state index >= 15 is 0 Å². The molecule has 0 aromatic heterocycles. The first kappa shape index (κ1) is 12.8. The second kappa shape index (κ2) is 5.82. The summed E-state index contributed by atoms with van der Waals surface area (Å²) in [5.74, 6) is -0.0889. The van der Waals surface area contributed by atoms with Gasteiger partial charge in [-0.15, -0.1) is 0 Å². The highest BCUT2D eigenvalue weighted by atomic mass is 127. The van der Waals surface area contributed by atoms with Crippen LogP contribution in [0.5, 0.6) is 5.75 Å². The molecule has 0 unspecified atom stereocenters. The molecule has 0 aliphatic rings. The van der Waals surface area contributed by atoms with Crippen molar-refractivity contribution in [2.45, 2.75) is 6.61 Å². The maximum absolute atomic E-state index is 13.7. The first-order chi connectivity index (χ1) is 8.16. The highest BCUT2D eigenvalue weighted by Gasteiger charge is 2.09. The van der Waals surface area contributed by atoms with Crippen LogP contribution in [0.2, 0.25) is 0 Å². The fourth-order valence-electron chi connectivity index (χ4n) is 1.37. The number of benzene rings is 2. The van der Waals surface area contributed by atoms with Crippen molar-refractivity contribution < 1.29 is 9.13 Å². The molecule has 0 saturated heterocycles. The van der Waals surface area contributed by atoms with Crippen molar-refractivity contribution >= 4 is 38.5 Å². The van der Waals surface area contributed by atoms with E-state index in [0.29, 0.717) is 11.1 Å². The number of hydrogen-bond donors (Lipinski definition) is 0. The molecule has 17 heavy (non-hydrogen) atoms. The van der Waals surface area contributed by atoms with Crippen molar-refractivity contribution in [2.75, 3.05) is 0 Å². The van der Waals surface area contributed by atoms with Crippen LogP contribution in [-0.4, -0.2) is 0 Å². The molecule has 2 aromatic carbocycles. The summed E-state index contributed by atoms with van der Waals surface area (Å²) in [6.07, 6.45) is 0. The van der Waals surface area contributed by atoms with Crippen LogP contribution < -0.4 is 4.74 Å². The molecule has 0 aliphatic carbocycles. The summed E-state index contributed by atoms with van der Waals surface area (Å²) in [7, 11) is 0. The van der Waals surface area contributed by atoms with Crippen molar-refractivity contribution in [3.63, 3.8) is 0 Å². The number of hydrogen-bond acceptors (Lipinski definition) is 1. The molecular weight excluding hydrogens is 398 g/mol. The van der Waals surface area contributed by atoms with E-state index in [9.17, 15) is 4.39 Å². The van der Waals surface area contributed by atoms with Gasteiger partial charge in [0, 0.05) is 3.57 Å². The predicted octanol–water partition coefficient (Wildman–Crippen LogP) is 4.77. The number of halogens is 3. The third-order valence-electron chi connectivity index (χ3n) is 2.20. The van der Waals surface area contributed by atoms with E-state index in [1.807, 2.05) is 30.3 Å². The molecular formula is C13H9BrFIO. The fraction of sp³-hybridized carbons (Fsp3) is 0.0769. The van der Waals surface area contributed by atoms with Gasteiger partial charge in [-0.2, -0.15) is 0 Å². The first-order valence-corrected chi connectivity index (χ1v) is 6.85. The van der Waals surface area contributed by atoms with Gasteiger partial charge in [-0.3, -0.25) is 0 Å². The van der Waals surface area contributed by atoms with Crippen LogP contribution in [0.4, 0.5) is 4.39 Å².